The van der Waals surface area contributed by atoms with E-state index >= 15 is 0 Å². The van der Waals surface area contributed by atoms with Crippen LogP contribution in [0.1, 0.15) is 81.6 Å². The Hall–Kier alpha value is -2.53. The molecule has 7 heteroatoms. The second-order valence-electron chi connectivity index (χ2n) is 7.67. The van der Waals surface area contributed by atoms with E-state index in [1.54, 1.807) is 0 Å². The van der Waals surface area contributed by atoms with E-state index in [2.05, 4.69) is 50.8 Å². The summed E-state index contributed by atoms with van der Waals surface area (Å²) in [4.78, 5) is 2.93. The minimum atomic E-state index is -0.182. The van der Waals surface area contributed by atoms with Crippen molar-refractivity contribution in [1.29, 1.82) is 0 Å². The van der Waals surface area contributed by atoms with Crippen molar-refractivity contribution >= 4 is 0 Å². The van der Waals surface area contributed by atoms with Gasteiger partial charge in [0.15, 0.2) is 11.9 Å². The van der Waals surface area contributed by atoms with Crippen LogP contribution in [0.15, 0.2) is 29.4 Å². The molecule has 1 aliphatic carbocycles. The highest BCUT2D eigenvalue weighted by Gasteiger charge is 2.27. The van der Waals surface area contributed by atoms with Crippen molar-refractivity contribution in [2.24, 2.45) is 12.2 Å². The molecule has 3 rings (SSSR count). The van der Waals surface area contributed by atoms with E-state index in [0.29, 0.717) is 11.8 Å². The zero-order valence-corrected chi connectivity index (χ0v) is 16.5. The number of hydrogen-bond donors (Lipinski definition) is 0. The first-order valence-corrected chi connectivity index (χ1v) is 9.69. The molecule has 1 aromatic heterocycles. The summed E-state index contributed by atoms with van der Waals surface area (Å²) in [6.07, 6.45) is 3.58. The zero-order valence-electron chi connectivity index (χ0n) is 16.5. The fraction of sp³-hybridized carbons (Fsp3) is 0.600. The van der Waals surface area contributed by atoms with Crippen LogP contribution in [-0.2, 0) is 7.05 Å². The predicted octanol–water partition coefficient (Wildman–Crippen LogP) is 5.42. The van der Waals surface area contributed by atoms with Crippen molar-refractivity contribution in [3.05, 3.63) is 51.9 Å². The molecule has 7 nitrogen and oxygen atoms in total. The average Bonchev–Trinajstić information content (AvgIpc) is 3.04. The first-order valence-electron chi connectivity index (χ1n) is 9.69. The fourth-order valence-corrected chi connectivity index (χ4v) is 3.79. The number of hydrogen-bond acceptors (Lipinski definition) is 4. The second-order valence-corrected chi connectivity index (χ2v) is 7.67. The standard InChI is InChI=1S/C20H28N6O/c1-13(2)16-6-5-7-18(12-16)27-14(3)19-23-24-20(26(19)4)15-8-10-17(11-9-15)22-25-21/h5-7,12-15,17H,8-11H2,1-4H3/t14?,15-,17-. The van der Waals surface area contributed by atoms with Gasteiger partial charge in [-0.05, 0) is 61.8 Å². The van der Waals surface area contributed by atoms with Crippen LogP contribution in [-0.4, -0.2) is 20.8 Å². The summed E-state index contributed by atoms with van der Waals surface area (Å²) in [6.45, 7) is 6.36. The number of rotatable bonds is 6. The monoisotopic (exact) mass is 368 g/mol. The minimum absolute atomic E-state index is 0.120. The Balaban J connectivity index is 1.69. The lowest BCUT2D eigenvalue weighted by atomic mass is 9.86. The molecule has 144 valence electrons. The summed E-state index contributed by atoms with van der Waals surface area (Å²) in [7, 11) is 2.01. The van der Waals surface area contributed by atoms with Crippen LogP contribution in [0.4, 0.5) is 0 Å². The van der Waals surface area contributed by atoms with Gasteiger partial charge in [0.2, 0.25) is 0 Å². The molecule has 0 amide bonds. The molecule has 1 heterocycles. The van der Waals surface area contributed by atoms with E-state index in [0.717, 1.165) is 43.1 Å². The van der Waals surface area contributed by atoms with E-state index in [1.807, 2.05) is 26.1 Å². The topological polar surface area (TPSA) is 88.7 Å². The molecule has 1 fully saturated rings. The Labute approximate surface area is 160 Å². The van der Waals surface area contributed by atoms with Gasteiger partial charge in [0, 0.05) is 23.9 Å². The van der Waals surface area contributed by atoms with Crippen LogP contribution in [0.2, 0.25) is 0 Å². The third-order valence-electron chi connectivity index (χ3n) is 5.42. The summed E-state index contributed by atoms with van der Waals surface area (Å²) < 4.78 is 8.21. The van der Waals surface area contributed by atoms with Crippen molar-refractivity contribution in [1.82, 2.24) is 14.8 Å². The highest BCUT2D eigenvalue weighted by Crippen LogP contribution is 2.34. The molecule has 0 saturated heterocycles. The largest absolute Gasteiger partial charge is 0.483 e. The summed E-state index contributed by atoms with van der Waals surface area (Å²) in [6, 6.07) is 8.35. The smallest absolute Gasteiger partial charge is 0.173 e. The van der Waals surface area contributed by atoms with E-state index in [1.165, 1.54) is 5.56 Å². The van der Waals surface area contributed by atoms with Gasteiger partial charge in [0.1, 0.15) is 11.6 Å². The van der Waals surface area contributed by atoms with Crippen LogP contribution in [0.25, 0.3) is 10.4 Å². The highest BCUT2D eigenvalue weighted by molar-refractivity contribution is 5.30. The molecule has 1 unspecified atom stereocenters. The Morgan fingerprint density at radius 3 is 2.59 bits per heavy atom. The van der Waals surface area contributed by atoms with Gasteiger partial charge in [-0.2, -0.15) is 0 Å². The quantitative estimate of drug-likeness (QED) is 0.387. The van der Waals surface area contributed by atoms with Gasteiger partial charge in [0.05, 0.1) is 0 Å². The number of benzene rings is 1. The van der Waals surface area contributed by atoms with Gasteiger partial charge < -0.3 is 9.30 Å². The molecular weight excluding hydrogens is 340 g/mol. The lowest BCUT2D eigenvalue weighted by Gasteiger charge is -2.25. The molecule has 0 spiro atoms. The number of ether oxygens (including phenoxy) is 1. The average molecular weight is 368 g/mol. The molecule has 27 heavy (non-hydrogen) atoms. The van der Waals surface area contributed by atoms with Crippen LogP contribution in [0, 0.1) is 0 Å². The maximum Gasteiger partial charge on any atom is 0.173 e. The number of aromatic nitrogens is 3. The first kappa shape index (κ1) is 19.2. The van der Waals surface area contributed by atoms with Crippen molar-refractivity contribution in [2.45, 2.75) is 70.4 Å². The Morgan fingerprint density at radius 2 is 1.93 bits per heavy atom. The lowest BCUT2D eigenvalue weighted by molar-refractivity contribution is 0.211. The third-order valence-corrected chi connectivity index (χ3v) is 5.42. The van der Waals surface area contributed by atoms with Crippen LogP contribution in [0.5, 0.6) is 5.75 Å². The zero-order chi connectivity index (χ0) is 19.4. The molecule has 1 aliphatic rings. The summed E-state index contributed by atoms with van der Waals surface area (Å²) in [5.74, 6) is 3.50. The SMILES string of the molecule is CC(C)c1cccc(OC(C)c2nnc([C@H]3CC[C@H](N=[N+]=[N-])CC3)n2C)c1. The van der Waals surface area contributed by atoms with Crippen molar-refractivity contribution in [2.75, 3.05) is 0 Å². The van der Waals surface area contributed by atoms with Crippen molar-refractivity contribution < 1.29 is 4.74 Å². The van der Waals surface area contributed by atoms with Crippen LogP contribution < -0.4 is 4.74 Å². The molecular formula is C20H28N6O. The Bertz CT molecular complexity index is 816. The molecule has 1 atom stereocenters. The second kappa shape index (κ2) is 8.44. The van der Waals surface area contributed by atoms with E-state index in [9.17, 15) is 0 Å². The Kier molecular flexibility index (Phi) is 6.01. The maximum absolute atomic E-state index is 8.60. The van der Waals surface area contributed by atoms with E-state index in [4.69, 9.17) is 10.3 Å². The molecule has 1 saturated carbocycles. The summed E-state index contributed by atoms with van der Waals surface area (Å²) in [5, 5.41) is 12.7. The van der Waals surface area contributed by atoms with Gasteiger partial charge in [-0.15, -0.1) is 10.2 Å². The van der Waals surface area contributed by atoms with Crippen molar-refractivity contribution in [3.63, 3.8) is 0 Å². The van der Waals surface area contributed by atoms with Gasteiger partial charge in [-0.1, -0.05) is 31.1 Å². The molecule has 1 aromatic carbocycles. The highest BCUT2D eigenvalue weighted by atomic mass is 16.5. The van der Waals surface area contributed by atoms with Crippen LogP contribution >= 0.6 is 0 Å². The van der Waals surface area contributed by atoms with Gasteiger partial charge >= 0.3 is 0 Å². The fourth-order valence-electron chi connectivity index (χ4n) is 3.79. The maximum atomic E-state index is 8.60. The molecule has 0 aliphatic heterocycles. The van der Waals surface area contributed by atoms with E-state index in [-0.39, 0.29) is 12.1 Å². The van der Waals surface area contributed by atoms with Gasteiger partial charge in [0.25, 0.3) is 0 Å². The van der Waals surface area contributed by atoms with Crippen LogP contribution in [0.3, 0.4) is 0 Å². The van der Waals surface area contributed by atoms with Crippen molar-refractivity contribution in [3.8, 4) is 5.75 Å². The lowest BCUT2D eigenvalue weighted by Crippen LogP contribution is -2.19. The minimum Gasteiger partial charge on any atom is -0.483 e. The van der Waals surface area contributed by atoms with E-state index < -0.39 is 0 Å². The Morgan fingerprint density at radius 1 is 1.19 bits per heavy atom. The number of nitrogens with zero attached hydrogens (tertiary/aromatic N) is 6. The third kappa shape index (κ3) is 4.42. The normalized spacial score (nSPS) is 20.9. The predicted molar refractivity (Wildman–Crippen MR) is 105 cm³/mol. The molecule has 0 N–H and O–H groups in total. The molecule has 0 radical (unpaired) electrons. The summed E-state index contributed by atoms with van der Waals surface area (Å²) in [5.41, 5.74) is 9.86. The summed E-state index contributed by atoms with van der Waals surface area (Å²) >= 11 is 0. The first-order chi connectivity index (χ1) is 13.0. The number of azide groups is 1. The molecule has 0 bridgehead atoms. The molecule has 2 aromatic rings. The van der Waals surface area contributed by atoms with Gasteiger partial charge in [-0.3, -0.25) is 0 Å². The van der Waals surface area contributed by atoms with Gasteiger partial charge in [-0.25, -0.2) is 0 Å².